The van der Waals surface area contributed by atoms with Gasteiger partial charge in [0.15, 0.2) is 0 Å². The number of hydrogen-bond donors (Lipinski definition) is 0. The van der Waals surface area contributed by atoms with Crippen LogP contribution in [0.5, 0.6) is 0 Å². The van der Waals surface area contributed by atoms with Gasteiger partial charge < -0.3 is 41.8 Å². The molecule has 0 bridgehead atoms. The Morgan fingerprint density at radius 2 is 1.68 bits per heavy atom. The predicted molar refractivity (Wildman–Crippen MR) is 81.2 cm³/mol. The second-order valence-corrected chi connectivity index (χ2v) is 5.63. The summed E-state index contributed by atoms with van der Waals surface area (Å²) in [5.41, 5.74) is 2.59. The third kappa shape index (κ3) is 3.16. The molecule has 112 valence electrons. The summed E-state index contributed by atoms with van der Waals surface area (Å²) in [6, 6.07) is 17.4. The molecule has 0 unspecified atom stereocenters. The van der Waals surface area contributed by atoms with Gasteiger partial charge in [-0.05, 0) is 22.5 Å². The molecule has 4 rings (SSSR count). The molecule has 3 aromatic carbocycles. The Balaban J connectivity index is 0.00000110. The number of aromatic nitrogens is 1. The SMILES string of the molecule is Cn1c2cc(Br)c[cH-]c2c2c3ccccc3cc21.[Cl-].[Cl-].[Cl-].[Zr+4]. The van der Waals surface area contributed by atoms with E-state index in [1.54, 1.807) is 0 Å². The molecule has 0 fully saturated rings. The molecule has 6 heteroatoms. The minimum atomic E-state index is 0. The van der Waals surface area contributed by atoms with Gasteiger partial charge in [0, 0.05) is 7.05 Å². The van der Waals surface area contributed by atoms with E-state index in [0.717, 1.165) is 4.47 Å². The predicted octanol–water partition coefficient (Wildman–Crippen LogP) is -4.02. The van der Waals surface area contributed by atoms with Crippen LogP contribution in [0.25, 0.3) is 32.6 Å². The number of fused-ring (bicyclic) bond motifs is 5. The van der Waals surface area contributed by atoms with E-state index in [9.17, 15) is 0 Å². The molecule has 0 atom stereocenters. The van der Waals surface area contributed by atoms with Crippen LogP contribution in [-0.2, 0) is 33.3 Å². The van der Waals surface area contributed by atoms with Gasteiger partial charge in [-0.1, -0.05) is 39.5 Å². The van der Waals surface area contributed by atoms with Crippen LogP contribution in [0.4, 0.5) is 0 Å². The standard InChI is InChI=1S/C16H11BrN.3ClH.Zr/c1-18-14-9-11(17)6-7-13(14)16-12-5-3-2-4-10(12)8-15(16)18;;;;/h2-9H,1H3;3*1H;/q-1;;;;+4/p-3. The largest absolute Gasteiger partial charge is 4.00 e. The van der Waals surface area contributed by atoms with Gasteiger partial charge >= 0.3 is 26.2 Å². The molecule has 0 amide bonds. The van der Waals surface area contributed by atoms with Crippen molar-refractivity contribution < 1.29 is 63.4 Å². The third-order valence-corrected chi connectivity index (χ3v) is 4.22. The summed E-state index contributed by atoms with van der Waals surface area (Å²) in [6.45, 7) is 0. The maximum Gasteiger partial charge on any atom is 4.00 e. The van der Waals surface area contributed by atoms with Gasteiger partial charge in [0.25, 0.3) is 0 Å². The van der Waals surface area contributed by atoms with Crippen LogP contribution < -0.4 is 37.2 Å². The van der Waals surface area contributed by atoms with E-state index in [1.165, 1.54) is 32.6 Å². The molecule has 0 aliphatic heterocycles. The van der Waals surface area contributed by atoms with Crippen molar-refractivity contribution in [3.8, 4) is 0 Å². The summed E-state index contributed by atoms with van der Waals surface area (Å²) in [5, 5.41) is 5.37. The quantitative estimate of drug-likeness (QED) is 0.220. The number of nitrogens with zero attached hydrogens (tertiary/aromatic N) is 1. The molecule has 0 aliphatic rings. The van der Waals surface area contributed by atoms with Crippen LogP contribution in [-0.4, -0.2) is 4.57 Å². The second kappa shape index (κ2) is 8.26. The van der Waals surface area contributed by atoms with E-state index in [-0.39, 0.29) is 63.4 Å². The molecule has 1 nitrogen and oxygen atoms in total. The maximum atomic E-state index is 3.55. The molecule has 0 N–H and O–H groups in total. The van der Waals surface area contributed by atoms with E-state index in [2.05, 4.69) is 76.1 Å². The van der Waals surface area contributed by atoms with Gasteiger partial charge in [-0.2, -0.15) is 0 Å². The zero-order valence-corrected chi connectivity index (χ0v) is 17.9. The monoisotopic (exact) mass is 491 g/mol. The molecule has 1 heterocycles. The molecule has 0 saturated carbocycles. The van der Waals surface area contributed by atoms with Crippen molar-refractivity contribution in [2.45, 2.75) is 0 Å². The van der Waals surface area contributed by atoms with Crippen molar-refractivity contribution in [1.82, 2.24) is 4.57 Å². The normalized spacial score (nSPS) is 9.73. The van der Waals surface area contributed by atoms with Gasteiger partial charge in [-0.15, -0.1) is 39.5 Å². The summed E-state index contributed by atoms with van der Waals surface area (Å²) in [4.78, 5) is 0. The van der Waals surface area contributed by atoms with Crippen molar-refractivity contribution in [3.63, 3.8) is 0 Å². The van der Waals surface area contributed by atoms with E-state index >= 15 is 0 Å². The minimum Gasteiger partial charge on any atom is -1.00 e. The Morgan fingerprint density at radius 3 is 2.41 bits per heavy atom. The molecule has 22 heavy (non-hydrogen) atoms. The Morgan fingerprint density at radius 1 is 1.00 bits per heavy atom. The summed E-state index contributed by atoms with van der Waals surface area (Å²) < 4.78 is 3.40. The Bertz CT molecular complexity index is 914. The number of aryl methyl sites for hydroxylation is 1. The number of hydrogen-bond acceptors (Lipinski definition) is 0. The fourth-order valence-corrected chi connectivity index (χ4v) is 3.23. The smallest absolute Gasteiger partial charge is 1.00 e. The molecule has 0 radical (unpaired) electrons. The van der Waals surface area contributed by atoms with Crippen LogP contribution in [0.3, 0.4) is 0 Å². The van der Waals surface area contributed by atoms with E-state index in [1.807, 2.05) is 0 Å². The number of halogens is 4. The summed E-state index contributed by atoms with van der Waals surface area (Å²) in [7, 11) is 2.13. The third-order valence-electron chi connectivity index (χ3n) is 3.73. The fraction of sp³-hybridized carbons (Fsp3) is 0.0625. The van der Waals surface area contributed by atoms with Crippen molar-refractivity contribution in [2.75, 3.05) is 0 Å². The Labute approximate surface area is 175 Å². The summed E-state index contributed by atoms with van der Waals surface area (Å²) >= 11 is 3.55. The summed E-state index contributed by atoms with van der Waals surface area (Å²) in [5.74, 6) is 0. The fourth-order valence-electron chi connectivity index (χ4n) is 2.88. The molecular weight excluding hydrogens is 484 g/mol. The van der Waals surface area contributed by atoms with Gasteiger partial charge in [0.2, 0.25) is 0 Å². The van der Waals surface area contributed by atoms with Gasteiger partial charge in [0.1, 0.15) is 0 Å². The van der Waals surface area contributed by atoms with Crippen molar-refractivity contribution >= 4 is 48.5 Å². The van der Waals surface area contributed by atoms with Gasteiger partial charge in [0.05, 0.1) is 0 Å². The molecule has 0 aliphatic carbocycles. The second-order valence-electron chi connectivity index (χ2n) is 4.71. The number of benzene rings is 2. The zero-order chi connectivity index (χ0) is 12.3. The Kier molecular flexibility index (Phi) is 8.29. The van der Waals surface area contributed by atoms with E-state index < -0.39 is 0 Å². The molecule has 0 saturated heterocycles. The molecular formula is C16H11BrCl3NZr. The average Bonchev–Trinajstić information content (AvgIpc) is 2.87. The summed E-state index contributed by atoms with van der Waals surface area (Å²) in [6.07, 6.45) is 0. The van der Waals surface area contributed by atoms with E-state index in [4.69, 9.17) is 0 Å². The van der Waals surface area contributed by atoms with Crippen molar-refractivity contribution in [1.29, 1.82) is 0 Å². The first-order valence-electron chi connectivity index (χ1n) is 5.98. The minimum absolute atomic E-state index is 0. The van der Waals surface area contributed by atoms with Crippen molar-refractivity contribution in [2.24, 2.45) is 7.05 Å². The molecule has 4 aromatic rings. The molecule has 1 aromatic heterocycles. The van der Waals surface area contributed by atoms with Gasteiger partial charge in [-0.3, -0.25) is 0 Å². The van der Waals surface area contributed by atoms with Crippen LogP contribution >= 0.6 is 15.9 Å². The first kappa shape index (κ1) is 22.1. The first-order valence-corrected chi connectivity index (χ1v) is 6.77. The maximum absolute atomic E-state index is 3.55. The van der Waals surface area contributed by atoms with Crippen LogP contribution in [0.1, 0.15) is 0 Å². The Hall–Kier alpha value is 0.0831. The van der Waals surface area contributed by atoms with Crippen molar-refractivity contribution in [3.05, 3.63) is 53.0 Å². The zero-order valence-electron chi connectivity index (χ0n) is 11.6. The van der Waals surface area contributed by atoms with Gasteiger partial charge in [-0.25, -0.2) is 0 Å². The average molecular weight is 495 g/mol. The van der Waals surface area contributed by atoms with E-state index in [0.29, 0.717) is 0 Å². The molecule has 0 spiro atoms. The van der Waals surface area contributed by atoms with Crippen LogP contribution in [0, 0.1) is 0 Å². The number of rotatable bonds is 0. The topological polar surface area (TPSA) is 4.93 Å². The van der Waals surface area contributed by atoms with Crippen LogP contribution in [0.2, 0.25) is 0 Å². The first-order chi connectivity index (χ1) is 8.75. The van der Waals surface area contributed by atoms with Crippen LogP contribution in [0.15, 0.2) is 53.0 Å².